The molecule has 0 atom stereocenters. The molecule has 5 heteroatoms. The van der Waals surface area contributed by atoms with Gasteiger partial charge < -0.3 is 10.4 Å². The van der Waals surface area contributed by atoms with E-state index in [0.29, 0.717) is 11.3 Å². The van der Waals surface area contributed by atoms with Crippen LogP contribution in [0.1, 0.15) is 16.1 Å². The van der Waals surface area contributed by atoms with Gasteiger partial charge in [-0.1, -0.05) is 18.2 Å². The fourth-order valence-electron chi connectivity index (χ4n) is 1.37. The van der Waals surface area contributed by atoms with E-state index in [1.54, 1.807) is 31.2 Å². The van der Waals surface area contributed by atoms with Crippen molar-refractivity contribution in [3.05, 3.63) is 51.9 Å². The molecule has 3 N–H and O–H groups in total. The molecule has 82 valence electrons. The minimum atomic E-state index is -0.332. The molecule has 2 aromatic rings. The first-order valence-electron chi connectivity index (χ1n) is 4.82. The van der Waals surface area contributed by atoms with E-state index in [4.69, 9.17) is 0 Å². The van der Waals surface area contributed by atoms with Gasteiger partial charge in [0.2, 0.25) is 0 Å². The van der Waals surface area contributed by atoms with Crippen LogP contribution in [0.2, 0.25) is 0 Å². The molecule has 1 heterocycles. The van der Waals surface area contributed by atoms with Crippen LogP contribution in [0.15, 0.2) is 35.1 Å². The van der Waals surface area contributed by atoms with E-state index in [1.807, 2.05) is 6.07 Å². The van der Waals surface area contributed by atoms with Crippen molar-refractivity contribution in [2.75, 3.05) is 5.32 Å². The third kappa shape index (κ3) is 1.88. The number of aryl methyl sites for hydroxylation is 1. The quantitative estimate of drug-likeness (QED) is 0.708. The van der Waals surface area contributed by atoms with Crippen LogP contribution in [0.3, 0.4) is 0 Å². The van der Waals surface area contributed by atoms with Crippen LogP contribution in [0.25, 0.3) is 0 Å². The molecule has 0 aliphatic carbocycles. The molecule has 0 unspecified atom stereocenters. The van der Waals surface area contributed by atoms with Gasteiger partial charge in [0.1, 0.15) is 5.69 Å². The van der Waals surface area contributed by atoms with Crippen molar-refractivity contribution >= 4 is 11.6 Å². The maximum Gasteiger partial charge on any atom is 0.287 e. The Labute approximate surface area is 91.5 Å². The van der Waals surface area contributed by atoms with E-state index in [9.17, 15) is 9.59 Å². The standard InChI is InChI=1S/C11H11N3O2/c1-7-9(11(16)14-13-7)12-10(15)8-5-3-2-4-6-8/h2-6H,1H3,(H,12,15)(H2,13,14,16). The molecule has 0 bridgehead atoms. The number of nitrogens with one attached hydrogen (secondary N) is 3. The second kappa shape index (κ2) is 4.06. The first kappa shape index (κ1) is 10.2. The average molecular weight is 217 g/mol. The molecule has 0 saturated carbocycles. The Balaban J connectivity index is 2.24. The fraction of sp³-hybridized carbons (Fsp3) is 0.0909. The summed E-state index contributed by atoms with van der Waals surface area (Å²) >= 11 is 0. The van der Waals surface area contributed by atoms with E-state index >= 15 is 0 Å². The largest absolute Gasteiger partial charge is 0.316 e. The lowest BCUT2D eigenvalue weighted by Gasteiger charge is -2.02. The van der Waals surface area contributed by atoms with Crippen molar-refractivity contribution in [2.45, 2.75) is 6.92 Å². The number of aromatic amines is 2. The van der Waals surface area contributed by atoms with Gasteiger partial charge in [-0.25, -0.2) is 0 Å². The Morgan fingerprint density at radius 2 is 1.88 bits per heavy atom. The topological polar surface area (TPSA) is 77.8 Å². The smallest absolute Gasteiger partial charge is 0.287 e. The van der Waals surface area contributed by atoms with E-state index in [0.717, 1.165) is 0 Å². The van der Waals surface area contributed by atoms with Crippen LogP contribution in [0.5, 0.6) is 0 Å². The first-order chi connectivity index (χ1) is 7.68. The predicted molar refractivity (Wildman–Crippen MR) is 60.5 cm³/mol. The molecule has 0 saturated heterocycles. The Bertz CT molecular complexity index is 554. The maximum absolute atomic E-state index is 11.7. The Morgan fingerprint density at radius 1 is 1.19 bits per heavy atom. The molecule has 0 fully saturated rings. The van der Waals surface area contributed by atoms with Crippen molar-refractivity contribution < 1.29 is 4.79 Å². The summed E-state index contributed by atoms with van der Waals surface area (Å²) in [6.45, 7) is 1.71. The zero-order chi connectivity index (χ0) is 11.5. The molecule has 16 heavy (non-hydrogen) atoms. The van der Waals surface area contributed by atoms with Gasteiger partial charge in [-0.05, 0) is 19.1 Å². The van der Waals surface area contributed by atoms with E-state index in [2.05, 4.69) is 15.5 Å². The van der Waals surface area contributed by atoms with Gasteiger partial charge in [0, 0.05) is 5.56 Å². The molecule has 1 aromatic heterocycles. The molecule has 5 nitrogen and oxygen atoms in total. The second-order valence-electron chi connectivity index (χ2n) is 3.40. The molecule has 0 aliphatic heterocycles. The third-order valence-corrected chi connectivity index (χ3v) is 2.24. The highest BCUT2D eigenvalue weighted by molar-refractivity contribution is 6.04. The van der Waals surface area contributed by atoms with Gasteiger partial charge in [0.25, 0.3) is 11.5 Å². The average Bonchev–Trinajstić information content (AvgIpc) is 2.62. The van der Waals surface area contributed by atoms with Crippen molar-refractivity contribution in [3.63, 3.8) is 0 Å². The van der Waals surface area contributed by atoms with E-state index < -0.39 is 0 Å². The number of anilines is 1. The molecule has 0 spiro atoms. The number of benzene rings is 1. The lowest BCUT2D eigenvalue weighted by atomic mass is 10.2. The normalized spacial score (nSPS) is 10.1. The maximum atomic E-state index is 11.7. The van der Waals surface area contributed by atoms with Crippen LogP contribution < -0.4 is 10.9 Å². The summed E-state index contributed by atoms with van der Waals surface area (Å²) < 4.78 is 0. The Hall–Kier alpha value is -2.30. The molecule has 1 aromatic carbocycles. The number of hydrogen-bond acceptors (Lipinski definition) is 2. The molecule has 0 aliphatic rings. The Kier molecular flexibility index (Phi) is 2.59. The van der Waals surface area contributed by atoms with Crippen molar-refractivity contribution in [2.24, 2.45) is 0 Å². The van der Waals surface area contributed by atoms with Crippen LogP contribution >= 0.6 is 0 Å². The summed E-state index contributed by atoms with van der Waals surface area (Å²) in [5.41, 5.74) is 1.05. The van der Waals surface area contributed by atoms with Gasteiger partial charge in [-0.15, -0.1) is 0 Å². The minimum Gasteiger partial charge on any atom is -0.316 e. The lowest BCUT2D eigenvalue weighted by molar-refractivity contribution is 0.102. The lowest BCUT2D eigenvalue weighted by Crippen LogP contribution is -2.17. The number of amides is 1. The zero-order valence-corrected chi connectivity index (χ0v) is 8.70. The fourth-order valence-corrected chi connectivity index (χ4v) is 1.37. The highest BCUT2D eigenvalue weighted by Crippen LogP contribution is 2.07. The summed E-state index contributed by atoms with van der Waals surface area (Å²) in [6.07, 6.45) is 0. The number of H-pyrrole nitrogens is 2. The van der Waals surface area contributed by atoms with E-state index in [-0.39, 0.29) is 17.2 Å². The SMILES string of the molecule is Cc1[nH][nH]c(=O)c1NC(=O)c1ccccc1. The van der Waals surface area contributed by atoms with Gasteiger partial charge in [-0.3, -0.25) is 14.7 Å². The number of carbonyl (C=O) groups excluding carboxylic acids is 1. The highest BCUT2D eigenvalue weighted by Gasteiger charge is 2.10. The van der Waals surface area contributed by atoms with Crippen molar-refractivity contribution in [1.82, 2.24) is 10.2 Å². The molecule has 1 amide bonds. The third-order valence-electron chi connectivity index (χ3n) is 2.24. The van der Waals surface area contributed by atoms with Gasteiger partial charge in [0.15, 0.2) is 0 Å². The van der Waals surface area contributed by atoms with Crippen LogP contribution in [-0.4, -0.2) is 16.1 Å². The zero-order valence-electron chi connectivity index (χ0n) is 8.70. The summed E-state index contributed by atoms with van der Waals surface area (Å²) in [6, 6.07) is 8.73. The number of hydrogen-bond donors (Lipinski definition) is 3. The van der Waals surface area contributed by atoms with Crippen LogP contribution in [-0.2, 0) is 0 Å². The molecule has 0 radical (unpaired) electrons. The summed E-state index contributed by atoms with van der Waals surface area (Å²) in [5, 5.41) is 7.60. The minimum absolute atomic E-state index is 0.258. The second-order valence-corrected chi connectivity index (χ2v) is 3.40. The van der Waals surface area contributed by atoms with Crippen LogP contribution in [0, 0.1) is 6.92 Å². The number of aromatic nitrogens is 2. The monoisotopic (exact) mass is 217 g/mol. The van der Waals surface area contributed by atoms with Gasteiger partial charge in [0.05, 0.1) is 5.69 Å². The van der Waals surface area contributed by atoms with Crippen LogP contribution in [0.4, 0.5) is 5.69 Å². The predicted octanol–water partition coefficient (Wildman–Crippen LogP) is 1.26. The summed E-state index contributed by atoms with van der Waals surface area (Å²) in [7, 11) is 0. The number of rotatable bonds is 2. The first-order valence-corrected chi connectivity index (χ1v) is 4.82. The molecule has 2 rings (SSSR count). The van der Waals surface area contributed by atoms with Gasteiger partial charge in [-0.2, -0.15) is 0 Å². The summed E-state index contributed by atoms with van der Waals surface area (Å²) in [4.78, 5) is 23.0. The summed E-state index contributed by atoms with van der Waals surface area (Å²) in [5.74, 6) is -0.297. The van der Waals surface area contributed by atoms with Gasteiger partial charge >= 0.3 is 0 Å². The van der Waals surface area contributed by atoms with E-state index in [1.165, 1.54) is 0 Å². The number of carbonyl (C=O) groups is 1. The van der Waals surface area contributed by atoms with Crippen molar-refractivity contribution in [3.8, 4) is 0 Å². The Morgan fingerprint density at radius 3 is 2.44 bits per heavy atom. The molecular weight excluding hydrogens is 206 g/mol. The molecular formula is C11H11N3O2. The highest BCUT2D eigenvalue weighted by atomic mass is 16.2. The van der Waals surface area contributed by atoms with Crippen molar-refractivity contribution in [1.29, 1.82) is 0 Å².